The molecule has 0 aliphatic heterocycles. The highest BCUT2D eigenvalue weighted by molar-refractivity contribution is 6.02. The lowest BCUT2D eigenvalue weighted by Crippen LogP contribution is -2.39. The molecule has 140 valence electrons. The van der Waals surface area contributed by atoms with E-state index in [1.165, 1.54) is 14.2 Å². The fourth-order valence-corrected chi connectivity index (χ4v) is 4.66. The number of esters is 2. The molecule has 0 N–H and O–H groups in total. The minimum Gasteiger partial charge on any atom is -0.468 e. The Balaban J connectivity index is 2.46. The lowest BCUT2D eigenvalue weighted by atomic mass is 9.69. The molecule has 0 aromatic heterocycles. The Kier molecular flexibility index (Phi) is 5.75. The second-order valence-corrected chi connectivity index (χ2v) is 7.64. The summed E-state index contributed by atoms with van der Waals surface area (Å²) in [7, 11) is 2.58. The summed E-state index contributed by atoms with van der Waals surface area (Å²) in [6, 6.07) is 0. The van der Waals surface area contributed by atoms with Gasteiger partial charge < -0.3 is 9.47 Å². The first-order valence-corrected chi connectivity index (χ1v) is 9.18. The predicted octanol–water partition coefficient (Wildman–Crippen LogP) is 3.60. The van der Waals surface area contributed by atoms with E-state index in [1.807, 2.05) is 6.92 Å². The second-order valence-electron chi connectivity index (χ2n) is 7.64. The first-order chi connectivity index (χ1) is 11.8. The molecule has 0 aromatic carbocycles. The number of hydrogen-bond acceptors (Lipinski definition) is 5. The van der Waals surface area contributed by atoms with Gasteiger partial charge in [-0.2, -0.15) is 0 Å². The van der Waals surface area contributed by atoms with Gasteiger partial charge >= 0.3 is 11.9 Å². The molecule has 0 spiro atoms. The fourth-order valence-electron chi connectivity index (χ4n) is 4.66. The minimum absolute atomic E-state index is 0.0195. The van der Waals surface area contributed by atoms with Gasteiger partial charge in [0, 0.05) is 6.42 Å². The summed E-state index contributed by atoms with van der Waals surface area (Å²) in [5, 5.41) is 0. The zero-order valence-electron chi connectivity index (χ0n) is 16.1. The smallest absolute Gasteiger partial charge is 0.323 e. The SMILES string of the molecule is CCC1(CC)CCC2CC(C(=O)OC)(C(=O)OC)C/C2=C(\C)C(=O)C1. The Bertz CT molecular complexity index is 581. The van der Waals surface area contributed by atoms with Crippen LogP contribution in [-0.2, 0) is 23.9 Å². The number of Topliss-reactive ketones (excluding diaryl/α,β-unsaturated/α-hetero) is 1. The van der Waals surface area contributed by atoms with E-state index in [2.05, 4.69) is 13.8 Å². The highest BCUT2D eigenvalue weighted by Gasteiger charge is 2.56. The van der Waals surface area contributed by atoms with Crippen molar-refractivity contribution < 1.29 is 23.9 Å². The van der Waals surface area contributed by atoms with E-state index >= 15 is 0 Å². The molecule has 0 heterocycles. The standard InChI is InChI=1S/C20H30O5/c1-6-19(7-2)9-8-14-10-20(17(22)24-4,18(23)25-5)11-15(14)13(3)16(21)12-19/h14H,6-12H2,1-5H3/b15-13-. The van der Waals surface area contributed by atoms with Crippen molar-refractivity contribution in [1.29, 1.82) is 0 Å². The quantitative estimate of drug-likeness (QED) is 0.572. The van der Waals surface area contributed by atoms with Gasteiger partial charge in [-0.3, -0.25) is 14.4 Å². The van der Waals surface area contributed by atoms with Crippen LogP contribution in [0.15, 0.2) is 11.1 Å². The summed E-state index contributed by atoms with van der Waals surface area (Å²) in [4.78, 5) is 37.7. The van der Waals surface area contributed by atoms with Crippen LogP contribution in [0.5, 0.6) is 0 Å². The van der Waals surface area contributed by atoms with Crippen LogP contribution in [0.2, 0.25) is 0 Å². The van der Waals surface area contributed by atoms with Crippen LogP contribution in [0.4, 0.5) is 0 Å². The molecule has 5 nitrogen and oxygen atoms in total. The van der Waals surface area contributed by atoms with Crippen LogP contribution in [0.3, 0.4) is 0 Å². The lowest BCUT2D eigenvalue weighted by Gasteiger charge is -2.35. The molecular formula is C20H30O5. The van der Waals surface area contributed by atoms with Gasteiger partial charge in [-0.15, -0.1) is 0 Å². The van der Waals surface area contributed by atoms with Gasteiger partial charge in [-0.1, -0.05) is 32.3 Å². The number of fused-ring (bicyclic) bond motifs is 1. The Labute approximate surface area is 150 Å². The number of ether oxygens (including phenoxy) is 2. The van der Waals surface area contributed by atoms with E-state index < -0.39 is 17.4 Å². The zero-order valence-corrected chi connectivity index (χ0v) is 16.1. The number of methoxy groups -OCH3 is 2. The summed E-state index contributed by atoms with van der Waals surface area (Å²) in [6.45, 7) is 6.12. The lowest BCUT2D eigenvalue weighted by molar-refractivity contribution is -0.168. The van der Waals surface area contributed by atoms with E-state index in [0.29, 0.717) is 12.8 Å². The molecule has 1 saturated carbocycles. The molecule has 1 unspecified atom stereocenters. The number of rotatable bonds is 4. The van der Waals surface area contributed by atoms with Crippen molar-refractivity contribution in [2.24, 2.45) is 16.7 Å². The van der Waals surface area contributed by atoms with Crippen molar-refractivity contribution >= 4 is 17.7 Å². The highest BCUT2D eigenvalue weighted by Crippen LogP contribution is 2.53. The topological polar surface area (TPSA) is 69.7 Å². The van der Waals surface area contributed by atoms with Gasteiger partial charge in [0.15, 0.2) is 11.2 Å². The molecule has 25 heavy (non-hydrogen) atoms. The molecule has 2 aliphatic carbocycles. The Morgan fingerprint density at radius 3 is 2.12 bits per heavy atom. The molecule has 0 saturated heterocycles. The molecule has 1 atom stereocenters. The van der Waals surface area contributed by atoms with E-state index in [0.717, 1.165) is 36.8 Å². The second kappa shape index (κ2) is 7.30. The van der Waals surface area contributed by atoms with Gasteiger partial charge in [0.1, 0.15) is 0 Å². The van der Waals surface area contributed by atoms with Crippen molar-refractivity contribution in [3.8, 4) is 0 Å². The molecule has 5 heteroatoms. The molecule has 0 amide bonds. The van der Waals surface area contributed by atoms with Gasteiger partial charge in [-0.05, 0) is 49.5 Å². The van der Waals surface area contributed by atoms with Crippen molar-refractivity contribution in [3.05, 3.63) is 11.1 Å². The third-order valence-corrected chi connectivity index (χ3v) is 6.69. The maximum atomic E-state index is 12.8. The van der Waals surface area contributed by atoms with Crippen LogP contribution >= 0.6 is 0 Å². The van der Waals surface area contributed by atoms with Gasteiger partial charge in [-0.25, -0.2) is 0 Å². The average molecular weight is 350 g/mol. The summed E-state index contributed by atoms with van der Waals surface area (Å²) < 4.78 is 9.85. The minimum atomic E-state index is -1.31. The van der Waals surface area contributed by atoms with Crippen LogP contribution in [0.1, 0.15) is 65.7 Å². The number of carbonyl (C=O) groups is 3. The van der Waals surface area contributed by atoms with Crippen LogP contribution in [0.25, 0.3) is 0 Å². The van der Waals surface area contributed by atoms with Crippen molar-refractivity contribution in [1.82, 2.24) is 0 Å². The fraction of sp³-hybridized carbons (Fsp3) is 0.750. The molecular weight excluding hydrogens is 320 g/mol. The Morgan fingerprint density at radius 2 is 1.64 bits per heavy atom. The monoisotopic (exact) mass is 350 g/mol. The van der Waals surface area contributed by atoms with Crippen molar-refractivity contribution in [2.75, 3.05) is 14.2 Å². The predicted molar refractivity (Wildman–Crippen MR) is 93.8 cm³/mol. The zero-order chi connectivity index (χ0) is 18.8. The van der Waals surface area contributed by atoms with Gasteiger partial charge in [0.2, 0.25) is 0 Å². The van der Waals surface area contributed by atoms with Gasteiger partial charge in [0.25, 0.3) is 0 Å². The maximum absolute atomic E-state index is 12.8. The molecule has 2 rings (SSSR count). The summed E-state index contributed by atoms with van der Waals surface area (Å²) in [6.07, 6.45) is 4.90. The molecule has 0 aromatic rings. The number of ketones is 1. The van der Waals surface area contributed by atoms with E-state index in [4.69, 9.17) is 9.47 Å². The van der Waals surface area contributed by atoms with Gasteiger partial charge in [0.05, 0.1) is 14.2 Å². The summed E-state index contributed by atoms with van der Waals surface area (Å²) in [5.41, 5.74) is 0.384. The molecule has 0 radical (unpaired) electrons. The first-order valence-electron chi connectivity index (χ1n) is 9.18. The summed E-state index contributed by atoms with van der Waals surface area (Å²) in [5.74, 6) is -0.916. The molecule has 0 bridgehead atoms. The van der Waals surface area contributed by atoms with E-state index in [9.17, 15) is 14.4 Å². The number of allylic oxidation sites excluding steroid dienone is 2. The number of hydrogen-bond donors (Lipinski definition) is 0. The Morgan fingerprint density at radius 1 is 1.08 bits per heavy atom. The third-order valence-electron chi connectivity index (χ3n) is 6.69. The molecule has 2 aliphatic rings. The first kappa shape index (κ1) is 19.7. The number of carbonyl (C=O) groups excluding carboxylic acids is 3. The maximum Gasteiger partial charge on any atom is 0.323 e. The largest absolute Gasteiger partial charge is 0.468 e. The molecule has 1 fully saturated rings. The highest BCUT2D eigenvalue weighted by atomic mass is 16.5. The third kappa shape index (κ3) is 3.25. The normalized spacial score (nSPS) is 27.9. The average Bonchev–Trinajstić information content (AvgIpc) is 3.02. The van der Waals surface area contributed by atoms with Crippen LogP contribution in [0, 0.1) is 16.7 Å². The van der Waals surface area contributed by atoms with E-state index in [1.54, 1.807) is 0 Å². The van der Waals surface area contributed by atoms with Crippen LogP contribution < -0.4 is 0 Å². The van der Waals surface area contributed by atoms with Crippen molar-refractivity contribution in [2.45, 2.75) is 65.7 Å². The summed E-state index contributed by atoms with van der Waals surface area (Å²) >= 11 is 0. The van der Waals surface area contributed by atoms with Crippen LogP contribution in [-0.4, -0.2) is 31.9 Å². The Hall–Kier alpha value is -1.65. The van der Waals surface area contributed by atoms with E-state index in [-0.39, 0.29) is 23.5 Å². The van der Waals surface area contributed by atoms with Crippen molar-refractivity contribution in [3.63, 3.8) is 0 Å².